The van der Waals surface area contributed by atoms with Gasteiger partial charge in [0.05, 0.1) is 29.8 Å². The fourth-order valence-corrected chi connectivity index (χ4v) is 6.52. The first-order valence-electron chi connectivity index (χ1n) is 15.4. The summed E-state index contributed by atoms with van der Waals surface area (Å²) in [6.45, 7) is 10.4. The second kappa shape index (κ2) is 11.2. The van der Waals surface area contributed by atoms with Crippen LogP contribution >= 0.6 is 0 Å². The zero-order chi connectivity index (χ0) is 31.3. The van der Waals surface area contributed by atoms with Crippen LogP contribution in [0.3, 0.4) is 0 Å². The Labute approximate surface area is 261 Å². The molecule has 0 radical (unpaired) electrons. The molecule has 2 aliphatic heterocycles. The molecular weight excluding hydrogens is 570 g/mol. The van der Waals surface area contributed by atoms with Gasteiger partial charge in [-0.1, -0.05) is 18.2 Å². The van der Waals surface area contributed by atoms with Crippen LogP contribution in [0.4, 0.5) is 4.79 Å². The number of carbonyl (C=O) groups is 2. The number of fused-ring (bicyclic) bond motifs is 1. The number of alkyl carbamates (subject to hydrolysis) is 1. The maximum absolute atomic E-state index is 13.8. The first-order valence-corrected chi connectivity index (χ1v) is 15.4. The monoisotopic (exact) mass is 607 g/mol. The molecule has 5 aromatic rings. The molecule has 1 atom stereocenters. The molecule has 2 aliphatic rings. The number of likely N-dealkylation sites (tertiary alicyclic amines) is 1. The van der Waals surface area contributed by atoms with E-state index in [1.807, 2.05) is 45.3 Å². The molecule has 45 heavy (non-hydrogen) atoms. The third-order valence-electron chi connectivity index (χ3n) is 8.36. The Bertz CT molecular complexity index is 1920. The van der Waals surface area contributed by atoms with Crippen LogP contribution in [0.15, 0.2) is 55.1 Å². The number of hydrogen-bond donors (Lipinski definition) is 1. The number of aryl methyl sites for hydroxylation is 1. The molecule has 2 amide bonds. The average Bonchev–Trinajstić information content (AvgIpc) is 3.56. The van der Waals surface area contributed by atoms with E-state index >= 15 is 0 Å². The first kappa shape index (κ1) is 28.8. The second-order valence-electron chi connectivity index (χ2n) is 12.9. The second-order valence-corrected chi connectivity index (χ2v) is 12.9. The van der Waals surface area contributed by atoms with Gasteiger partial charge < -0.3 is 28.8 Å². The van der Waals surface area contributed by atoms with Crippen molar-refractivity contribution in [3.05, 3.63) is 71.8 Å². The Hall–Kier alpha value is -4.93. The topological polar surface area (TPSA) is 116 Å². The number of rotatable bonds is 5. The van der Waals surface area contributed by atoms with Gasteiger partial charge in [0.1, 0.15) is 29.8 Å². The lowest BCUT2D eigenvalue weighted by Gasteiger charge is -2.33. The van der Waals surface area contributed by atoms with Crippen molar-refractivity contribution in [2.75, 3.05) is 19.7 Å². The number of carbonyl (C=O) groups excluding carboxylic acids is 2. The van der Waals surface area contributed by atoms with Crippen molar-refractivity contribution in [1.82, 2.24) is 34.3 Å². The predicted octanol–water partition coefficient (Wildman–Crippen LogP) is 5.33. The van der Waals surface area contributed by atoms with E-state index in [4.69, 9.17) is 14.5 Å². The first-order chi connectivity index (χ1) is 21.6. The van der Waals surface area contributed by atoms with Gasteiger partial charge in [0.15, 0.2) is 5.82 Å². The SMILES string of the molecule is Cc1cccc2cc(-c3nc4cc(C(=O)N5CCC[C@@H](NC(=O)OC(C)(C)C)C5)cc5c4n3CCO5)n(Cc3cncnc3)c12. The van der Waals surface area contributed by atoms with Gasteiger partial charge in [-0.15, -0.1) is 0 Å². The summed E-state index contributed by atoms with van der Waals surface area (Å²) in [4.78, 5) is 41.6. The number of imidazole rings is 1. The fourth-order valence-electron chi connectivity index (χ4n) is 6.52. The number of ether oxygens (including phenoxy) is 2. The number of amides is 2. The molecule has 1 fully saturated rings. The molecule has 0 unspecified atom stereocenters. The van der Waals surface area contributed by atoms with Gasteiger partial charge >= 0.3 is 6.09 Å². The Kier molecular flexibility index (Phi) is 7.18. The van der Waals surface area contributed by atoms with Crippen LogP contribution in [0.5, 0.6) is 5.75 Å². The molecule has 1 N–H and O–H groups in total. The van der Waals surface area contributed by atoms with Crippen LogP contribution in [-0.4, -0.2) is 72.3 Å². The average molecular weight is 608 g/mol. The Morgan fingerprint density at radius 3 is 2.71 bits per heavy atom. The molecule has 3 aromatic heterocycles. The molecule has 2 aromatic carbocycles. The zero-order valence-corrected chi connectivity index (χ0v) is 26.0. The summed E-state index contributed by atoms with van der Waals surface area (Å²) in [5.74, 6) is 1.37. The highest BCUT2D eigenvalue weighted by Gasteiger charge is 2.30. The summed E-state index contributed by atoms with van der Waals surface area (Å²) < 4.78 is 16.0. The van der Waals surface area contributed by atoms with Crippen LogP contribution in [0.25, 0.3) is 33.5 Å². The highest BCUT2D eigenvalue weighted by molar-refractivity contribution is 6.00. The van der Waals surface area contributed by atoms with E-state index < -0.39 is 11.7 Å². The molecule has 0 spiro atoms. The maximum Gasteiger partial charge on any atom is 0.407 e. The van der Waals surface area contributed by atoms with E-state index in [1.54, 1.807) is 4.90 Å². The van der Waals surface area contributed by atoms with E-state index in [9.17, 15) is 9.59 Å². The molecule has 0 bridgehead atoms. The number of nitrogens with one attached hydrogen (secondary N) is 1. The van der Waals surface area contributed by atoms with E-state index in [0.29, 0.717) is 49.6 Å². The van der Waals surface area contributed by atoms with Crippen molar-refractivity contribution in [1.29, 1.82) is 0 Å². The summed E-state index contributed by atoms with van der Waals surface area (Å²) >= 11 is 0. The normalized spacial score (nSPS) is 16.5. The maximum atomic E-state index is 13.8. The van der Waals surface area contributed by atoms with Crippen LogP contribution in [0.1, 0.15) is 55.1 Å². The number of para-hydroxylation sites is 1. The predicted molar refractivity (Wildman–Crippen MR) is 170 cm³/mol. The van der Waals surface area contributed by atoms with Gasteiger partial charge in [0.25, 0.3) is 5.91 Å². The van der Waals surface area contributed by atoms with Crippen LogP contribution < -0.4 is 10.1 Å². The van der Waals surface area contributed by atoms with Crippen molar-refractivity contribution in [3.63, 3.8) is 0 Å². The summed E-state index contributed by atoms with van der Waals surface area (Å²) in [5.41, 5.74) is 5.80. The van der Waals surface area contributed by atoms with Crippen LogP contribution in [0.2, 0.25) is 0 Å². The van der Waals surface area contributed by atoms with E-state index in [0.717, 1.165) is 46.3 Å². The van der Waals surface area contributed by atoms with Gasteiger partial charge in [-0.05, 0) is 64.3 Å². The quantitative estimate of drug-likeness (QED) is 0.287. The van der Waals surface area contributed by atoms with Crippen molar-refractivity contribution < 1.29 is 19.1 Å². The molecule has 11 nitrogen and oxygen atoms in total. The van der Waals surface area contributed by atoms with Crippen molar-refractivity contribution in [2.24, 2.45) is 0 Å². The van der Waals surface area contributed by atoms with E-state index in [-0.39, 0.29) is 11.9 Å². The van der Waals surface area contributed by atoms with Crippen molar-refractivity contribution >= 4 is 33.9 Å². The lowest BCUT2D eigenvalue weighted by molar-refractivity contribution is 0.0452. The number of aromatic nitrogens is 5. The third kappa shape index (κ3) is 5.58. The van der Waals surface area contributed by atoms with Gasteiger partial charge in [0.2, 0.25) is 0 Å². The van der Waals surface area contributed by atoms with Crippen LogP contribution in [-0.2, 0) is 17.8 Å². The highest BCUT2D eigenvalue weighted by atomic mass is 16.6. The molecule has 0 saturated carbocycles. The van der Waals surface area contributed by atoms with E-state index in [1.165, 1.54) is 11.9 Å². The van der Waals surface area contributed by atoms with Gasteiger partial charge in [0, 0.05) is 48.0 Å². The van der Waals surface area contributed by atoms with Gasteiger partial charge in [-0.3, -0.25) is 4.79 Å². The number of piperidine rings is 1. The largest absolute Gasteiger partial charge is 0.489 e. The molecule has 5 heterocycles. The van der Waals surface area contributed by atoms with Crippen LogP contribution in [0, 0.1) is 6.92 Å². The Balaban J connectivity index is 1.24. The molecule has 7 rings (SSSR count). The lowest BCUT2D eigenvalue weighted by Crippen LogP contribution is -2.50. The molecule has 1 saturated heterocycles. The number of nitrogens with zero attached hydrogens (tertiary/aromatic N) is 6. The summed E-state index contributed by atoms with van der Waals surface area (Å²) in [6.07, 6.45) is 6.32. The van der Waals surface area contributed by atoms with Gasteiger partial charge in [-0.25, -0.2) is 19.7 Å². The third-order valence-corrected chi connectivity index (χ3v) is 8.36. The number of hydrogen-bond acceptors (Lipinski definition) is 7. The van der Waals surface area contributed by atoms with Gasteiger partial charge in [-0.2, -0.15) is 0 Å². The molecule has 11 heteroatoms. The molecule has 232 valence electrons. The highest BCUT2D eigenvalue weighted by Crippen LogP contribution is 2.38. The summed E-state index contributed by atoms with van der Waals surface area (Å²) in [5, 5.41) is 4.06. The van der Waals surface area contributed by atoms with Crippen molar-refractivity contribution in [3.8, 4) is 17.3 Å². The smallest absolute Gasteiger partial charge is 0.407 e. The Morgan fingerprint density at radius 1 is 1.09 bits per heavy atom. The Morgan fingerprint density at radius 2 is 1.91 bits per heavy atom. The zero-order valence-electron chi connectivity index (χ0n) is 26.0. The van der Waals surface area contributed by atoms with Crippen molar-refractivity contribution in [2.45, 2.75) is 65.3 Å². The minimum atomic E-state index is -0.587. The molecule has 0 aliphatic carbocycles. The fraction of sp³-hybridized carbons (Fsp3) is 0.382. The lowest BCUT2D eigenvalue weighted by atomic mass is 10.0. The summed E-state index contributed by atoms with van der Waals surface area (Å²) in [7, 11) is 0. The minimum absolute atomic E-state index is 0.108. The minimum Gasteiger partial charge on any atom is -0.489 e. The summed E-state index contributed by atoms with van der Waals surface area (Å²) in [6, 6.07) is 12.0. The standard InChI is InChI=1S/C34H37N7O4/c1-21-7-5-8-23-14-27(41(29(21)23)18-22-16-35-20-36-17-22)31-38-26-13-24(15-28-30(26)40(31)11-12-44-28)32(42)39-10-6-9-25(19-39)37-33(43)45-34(2,3)4/h5,7-8,13-17,20,25H,6,9-12,18-19H2,1-4H3,(H,37,43)/t25-/m1/s1. The van der Waals surface area contributed by atoms with E-state index in [2.05, 4.69) is 55.6 Å². The molecular formula is C34H37N7O4. The number of benzene rings is 2.